The zero-order valence-electron chi connectivity index (χ0n) is 42.1. The van der Waals surface area contributed by atoms with Crippen molar-refractivity contribution in [2.24, 2.45) is 21.9 Å². The van der Waals surface area contributed by atoms with Gasteiger partial charge in [0.25, 0.3) is 0 Å². The Bertz CT molecular complexity index is 3580. The van der Waals surface area contributed by atoms with E-state index in [2.05, 4.69) is 21.7 Å². The van der Waals surface area contributed by atoms with E-state index >= 15 is 0 Å². The van der Waals surface area contributed by atoms with Gasteiger partial charge in [0, 0.05) is 33.6 Å². The quantitative estimate of drug-likeness (QED) is 0.0170. The molecule has 394 valence electrons. The molecule has 0 aliphatic heterocycles. The molecule has 0 spiro atoms. The van der Waals surface area contributed by atoms with Gasteiger partial charge in [-0.2, -0.15) is 10.2 Å². The summed E-state index contributed by atoms with van der Waals surface area (Å²) in [5.74, 6) is 10.0. The highest BCUT2D eigenvalue weighted by Gasteiger charge is 2.28. The molecule has 0 saturated carbocycles. The molecule has 16 nitrogen and oxygen atoms in total. The first-order valence-electron chi connectivity index (χ1n) is 25.3. The molecular weight excluding hydrogens is 1020 g/mol. The van der Waals surface area contributed by atoms with Crippen LogP contribution in [0.3, 0.4) is 0 Å². The third-order valence-electron chi connectivity index (χ3n) is 13.6. The highest BCUT2D eigenvalue weighted by molar-refractivity contribution is 7.91. The number of hydrogen-bond donors (Lipinski definition) is 6. The van der Waals surface area contributed by atoms with Crippen molar-refractivity contribution in [3.63, 3.8) is 0 Å². The van der Waals surface area contributed by atoms with Crippen molar-refractivity contribution >= 4 is 65.8 Å². The third-order valence-corrected chi connectivity index (χ3v) is 17.1. The Labute approximate surface area is 452 Å². The van der Waals surface area contributed by atoms with Crippen LogP contribution >= 0.6 is 0 Å². The molecular formula is C60H54N8O8S2. The minimum absolute atomic E-state index is 0.143. The summed E-state index contributed by atoms with van der Waals surface area (Å²) in [5, 5.41) is 9.46. The van der Waals surface area contributed by atoms with Crippen molar-refractivity contribution in [2.75, 3.05) is 34.9 Å². The summed E-state index contributed by atoms with van der Waals surface area (Å²) in [5.41, 5.74) is 22.9. The molecule has 2 aliphatic rings. The van der Waals surface area contributed by atoms with Crippen LogP contribution in [0, 0.1) is 0 Å². The van der Waals surface area contributed by atoms with Gasteiger partial charge in [-0.3, -0.25) is 22.5 Å². The maximum atomic E-state index is 13.2. The number of nitrogens with zero attached hydrogens (tertiary/aromatic N) is 2. The summed E-state index contributed by atoms with van der Waals surface area (Å²) in [4.78, 5) is 27.0. The second kappa shape index (κ2) is 23.1. The van der Waals surface area contributed by atoms with Gasteiger partial charge < -0.3 is 20.3 Å². The monoisotopic (exact) mass is 1080 g/mol. The second-order valence-electron chi connectivity index (χ2n) is 18.5. The molecule has 2 aliphatic carbocycles. The van der Waals surface area contributed by atoms with Gasteiger partial charge in [-0.15, -0.1) is 0 Å². The number of rotatable bonds is 21. The molecule has 8 aromatic carbocycles. The number of nitrogen functional groups attached to an aromatic ring is 2. The number of nitrogens with two attached hydrogens (primary N) is 2. The molecule has 0 radical (unpaired) electrons. The molecule has 0 saturated heterocycles. The Morgan fingerprint density at radius 2 is 0.679 bits per heavy atom. The molecule has 8 aromatic rings. The Hall–Kier alpha value is -8.94. The average Bonchev–Trinajstić information content (AvgIpc) is 4.10. The largest absolute Gasteiger partial charge is 0.462 e. The van der Waals surface area contributed by atoms with Gasteiger partial charge >= 0.3 is 11.9 Å². The number of carbonyl (C=O) groups excluding carboxylic acids is 2. The number of benzene rings is 8. The van der Waals surface area contributed by atoms with Crippen molar-refractivity contribution in [1.29, 1.82) is 0 Å². The fourth-order valence-corrected chi connectivity index (χ4v) is 11.9. The van der Waals surface area contributed by atoms with Crippen LogP contribution in [-0.4, -0.2) is 53.4 Å². The Morgan fingerprint density at radius 1 is 0.372 bits per heavy atom. The minimum Gasteiger partial charge on any atom is -0.462 e. The number of ether oxygens (including phenoxy) is 2. The number of unbranched alkanes of at least 4 members (excludes halogenated alkanes) is 5. The molecule has 0 fully saturated rings. The van der Waals surface area contributed by atoms with Crippen LogP contribution < -0.4 is 33.4 Å². The zero-order valence-corrected chi connectivity index (χ0v) is 43.7. The number of hydrazine groups is 2. The number of sulfone groups is 2. The van der Waals surface area contributed by atoms with Crippen LogP contribution in [0.1, 0.15) is 81.5 Å². The molecule has 0 unspecified atom stereocenters. The number of fused-ring (bicyclic) bond motifs is 6. The topological polar surface area (TPSA) is 246 Å². The standard InChI is InChI=1S/C60H54N8O8S2/c61-63-41-17-25-45(26-18-41)77(71,72)47-29-21-43(22-30-47)65-67-57-51-13-7-5-11-49(51)55-37-39(15-33-53(55)57)59(69)75-35-9-3-1-2-4-10-36-76-60(70)40-16-34-54-56(38-40)50-12-6-8-14-52(50)58(54)68-66-44-23-31-48(32-24-44)78(73,74)46-27-19-42(64-62)20-28-46/h5-8,11-34,37-38,63-66H,1-4,9-10,35-36,61-62H2/b67-57+,68-58+. The number of anilines is 4. The normalized spacial score (nSPS) is 13.3. The number of hydrazone groups is 2. The second-order valence-corrected chi connectivity index (χ2v) is 22.4. The third kappa shape index (κ3) is 11.1. The van der Waals surface area contributed by atoms with Crippen molar-refractivity contribution < 1.29 is 35.9 Å². The minimum atomic E-state index is -3.74. The fraction of sp³-hybridized carbons (Fsp3) is 0.133. The lowest BCUT2D eigenvalue weighted by molar-refractivity contribution is 0.0484. The smallest absolute Gasteiger partial charge is 0.338 e. The summed E-state index contributed by atoms with van der Waals surface area (Å²) < 4.78 is 64.2. The van der Waals surface area contributed by atoms with Gasteiger partial charge in [0.2, 0.25) is 19.7 Å². The molecule has 0 amide bonds. The summed E-state index contributed by atoms with van der Waals surface area (Å²) >= 11 is 0. The molecule has 10 rings (SSSR count). The number of esters is 2. The van der Waals surface area contributed by atoms with Crippen molar-refractivity contribution in [3.8, 4) is 22.3 Å². The molecule has 8 N–H and O–H groups in total. The van der Waals surface area contributed by atoms with Crippen LogP contribution in [0.25, 0.3) is 22.3 Å². The molecule has 18 heteroatoms. The molecule has 0 bridgehead atoms. The zero-order chi connectivity index (χ0) is 54.2. The van der Waals surface area contributed by atoms with Crippen molar-refractivity contribution in [3.05, 3.63) is 215 Å². The van der Waals surface area contributed by atoms with Gasteiger partial charge in [0.15, 0.2) is 0 Å². The number of nitrogens with one attached hydrogen (secondary N) is 4. The summed E-state index contributed by atoms with van der Waals surface area (Å²) in [6.07, 6.45) is 5.10. The molecule has 78 heavy (non-hydrogen) atoms. The highest BCUT2D eigenvalue weighted by Crippen LogP contribution is 2.39. The summed E-state index contributed by atoms with van der Waals surface area (Å²) in [7, 11) is -7.48. The number of carbonyl (C=O) groups is 2. The Morgan fingerprint density at radius 3 is 1.03 bits per heavy atom. The fourth-order valence-electron chi connectivity index (χ4n) is 9.38. The van der Waals surface area contributed by atoms with E-state index in [1.165, 1.54) is 48.5 Å². The van der Waals surface area contributed by atoms with E-state index in [1.807, 2.05) is 72.8 Å². The van der Waals surface area contributed by atoms with Gasteiger partial charge in [0.1, 0.15) is 0 Å². The molecule has 0 heterocycles. The molecule has 0 atom stereocenters. The summed E-state index contributed by atoms with van der Waals surface area (Å²) in [6, 6.07) is 51.7. The van der Waals surface area contributed by atoms with E-state index in [4.69, 9.17) is 31.4 Å². The first kappa shape index (κ1) is 52.5. The Balaban J connectivity index is 0.657. The van der Waals surface area contributed by atoms with Gasteiger partial charge in [0.05, 0.1) is 66.7 Å². The Kier molecular flexibility index (Phi) is 15.6. The van der Waals surface area contributed by atoms with Crippen molar-refractivity contribution in [2.45, 2.75) is 58.1 Å². The van der Waals surface area contributed by atoms with Gasteiger partial charge in [-0.05, 0) is 156 Å². The van der Waals surface area contributed by atoms with Crippen LogP contribution in [-0.2, 0) is 29.1 Å². The van der Waals surface area contributed by atoms with Crippen LogP contribution in [0.2, 0.25) is 0 Å². The molecule has 0 aromatic heterocycles. The van der Waals surface area contributed by atoms with E-state index in [0.29, 0.717) is 58.5 Å². The SMILES string of the molecule is NNc1ccc(S(=O)(=O)c2ccc(N/N=C3\c4ccccc4-c4cc(C(=O)OCCCCCCCCOC(=O)c5ccc6c(c5)-c5ccccc5/C6=N\Nc5ccc(S(=O)(=O)c6ccc(NN)cc6)cc5)ccc43)cc2)cc1. The first-order valence-corrected chi connectivity index (χ1v) is 28.2. The van der Waals surface area contributed by atoms with Crippen LogP contribution in [0.5, 0.6) is 0 Å². The lowest BCUT2D eigenvalue weighted by Crippen LogP contribution is -2.08. The summed E-state index contributed by atoms with van der Waals surface area (Å²) in [6.45, 7) is 0.586. The van der Waals surface area contributed by atoms with E-state index in [-0.39, 0.29) is 19.6 Å². The highest BCUT2D eigenvalue weighted by atomic mass is 32.2. The van der Waals surface area contributed by atoms with E-state index in [9.17, 15) is 26.4 Å². The van der Waals surface area contributed by atoms with E-state index in [1.54, 1.807) is 60.7 Å². The van der Waals surface area contributed by atoms with E-state index < -0.39 is 31.6 Å². The lowest BCUT2D eigenvalue weighted by atomic mass is 10.0. The maximum Gasteiger partial charge on any atom is 0.338 e. The number of hydrogen-bond acceptors (Lipinski definition) is 16. The predicted octanol–water partition coefficient (Wildman–Crippen LogP) is 11.0. The van der Waals surface area contributed by atoms with E-state index in [0.717, 1.165) is 83.0 Å². The van der Waals surface area contributed by atoms with Crippen LogP contribution in [0.4, 0.5) is 22.7 Å². The van der Waals surface area contributed by atoms with Crippen LogP contribution in [0.15, 0.2) is 212 Å². The lowest BCUT2D eigenvalue weighted by Gasteiger charge is -2.09. The predicted molar refractivity (Wildman–Crippen MR) is 303 cm³/mol. The van der Waals surface area contributed by atoms with Gasteiger partial charge in [-0.25, -0.2) is 26.4 Å². The maximum absolute atomic E-state index is 13.2. The van der Waals surface area contributed by atoms with Crippen molar-refractivity contribution in [1.82, 2.24) is 0 Å². The average molecular weight is 1080 g/mol. The van der Waals surface area contributed by atoms with Gasteiger partial charge in [-0.1, -0.05) is 86.3 Å². The first-order chi connectivity index (χ1) is 37.9.